The Kier molecular flexibility index (Phi) is 3.19. The van der Waals surface area contributed by atoms with Crippen LogP contribution in [0.4, 0.5) is 5.69 Å². The Labute approximate surface area is 106 Å². The number of ketones is 2. The molecule has 94 valence electrons. The Hall–Kier alpha value is -2.10. The van der Waals surface area contributed by atoms with Crippen LogP contribution in [-0.4, -0.2) is 29.6 Å². The third kappa shape index (κ3) is 1.79. The molecule has 2 N–H and O–H groups in total. The van der Waals surface area contributed by atoms with Gasteiger partial charge in [0.15, 0.2) is 5.78 Å². The van der Waals surface area contributed by atoms with Gasteiger partial charge in [0, 0.05) is 30.4 Å². The molecule has 0 saturated carbocycles. The van der Waals surface area contributed by atoms with E-state index in [1.54, 1.807) is 18.2 Å². The molecule has 1 aromatic carbocycles. The highest BCUT2D eigenvalue weighted by atomic mass is 16.1. The number of carbonyl (C=O) groups is 2. The SMILES string of the molecule is CCN(CC)C1=CC(=O)c2cccc(N)c2C1=O. The highest BCUT2D eigenvalue weighted by Crippen LogP contribution is 2.27. The van der Waals surface area contributed by atoms with Crippen molar-refractivity contribution in [3.63, 3.8) is 0 Å². The number of nitrogens with two attached hydrogens (primary N) is 1. The summed E-state index contributed by atoms with van der Waals surface area (Å²) in [4.78, 5) is 26.3. The molecule has 0 saturated heterocycles. The lowest BCUT2D eigenvalue weighted by Crippen LogP contribution is -2.31. The Morgan fingerprint density at radius 2 is 1.83 bits per heavy atom. The predicted molar refractivity (Wildman–Crippen MR) is 70.5 cm³/mol. The largest absolute Gasteiger partial charge is 0.398 e. The van der Waals surface area contributed by atoms with Gasteiger partial charge >= 0.3 is 0 Å². The predicted octanol–water partition coefficient (Wildman–Crippen LogP) is 1.87. The summed E-state index contributed by atoms with van der Waals surface area (Å²) >= 11 is 0. The van der Waals surface area contributed by atoms with Gasteiger partial charge in [0.25, 0.3) is 0 Å². The molecular weight excluding hydrogens is 228 g/mol. The lowest BCUT2D eigenvalue weighted by atomic mass is 9.90. The third-order valence-electron chi connectivity index (χ3n) is 3.19. The maximum Gasteiger partial charge on any atom is 0.211 e. The van der Waals surface area contributed by atoms with Gasteiger partial charge in [0.1, 0.15) is 0 Å². The van der Waals surface area contributed by atoms with Gasteiger partial charge in [0.2, 0.25) is 5.78 Å². The number of hydrogen-bond acceptors (Lipinski definition) is 4. The van der Waals surface area contributed by atoms with E-state index in [-0.39, 0.29) is 11.6 Å². The zero-order valence-electron chi connectivity index (χ0n) is 10.6. The molecular formula is C14H16N2O2. The van der Waals surface area contributed by atoms with Gasteiger partial charge < -0.3 is 10.6 Å². The molecule has 0 aromatic heterocycles. The van der Waals surface area contributed by atoms with Gasteiger partial charge in [-0.15, -0.1) is 0 Å². The number of Topliss-reactive ketones (excluding diaryl/α,β-unsaturated/α-hetero) is 1. The summed E-state index contributed by atoms with van der Waals surface area (Å²) in [6.45, 7) is 5.27. The smallest absolute Gasteiger partial charge is 0.211 e. The molecule has 0 fully saturated rings. The highest BCUT2D eigenvalue weighted by Gasteiger charge is 2.29. The third-order valence-corrected chi connectivity index (χ3v) is 3.19. The van der Waals surface area contributed by atoms with E-state index in [0.717, 1.165) is 0 Å². The molecule has 4 nitrogen and oxygen atoms in total. The molecule has 2 rings (SSSR count). The van der Waals surface area contributed by atoms with E-state index >= 15 is 0 Å². The molecule has 0 unspecified atom stereocenters. The van der Waals surface area contributed by atoms with Crippen LogP contribution in [-0.2, 0) is 0 Å². The summed E-state index contributed by atoms with van der Waals surface area (Å²) in [6.07, 6.45) is 1.41. The molecule has 1 aliphatic carbocycles. The average molecular weight is 244 g/mol. The van der Waals surface area contributed by atoms with Crippen molar-refractivity contribution in [2.75, 3.05) is 18.8 Å². The summed E-state index contributed by atoms with van der Waals surface area (Å²) in [7, 11) is 0. The number of nitrogens with zero attached hydrogens (tertiary/aromatic N) is 1. The summed E-state index contributed by atoms with van der Waals surface area (Å²) in [5.41, 5.74) is 7.36. The first-order valence-electron chi connectivity index (χ1n) is 6.04. The van der Waals surface area contributed by atoms with Gasteiger partial charge in [-0.3, -0.25) is 9.59 Å². The van der Waals surface area contributed by atoms with Crippen molar-refractivity contribution in [1.82, 2.24) is 4.90 Å². The minimum atomic E-state index is -0.161. The second-order valence-electron chi connectivity index (χ2n) is 4.17. The molecule has 0 spiro atoms. The fourth-order valence-electron chi connectivity index (χ4n) is 2.22. The van der Waals surface area contributed by atoms with Crippen LogP contribution < -0.4 is 5.73 Å². The van der Waals surface area contributed by atoms with Crippen molar-refractivity contribution >= 4 is 17.3 Å². The van der Waals surface area contributed by atoms with Crippen LogP contribution in [0.25, 0.3) is 0 Å². The quantitative estimate of drug-likeness (QED) is 0.824. The van der Waals surface area contributed by atoms with E-state index in [9.17, 15) is 9.59 Å². The minimum Gasteiger partial charge on any atom is -0.398 e. The zero-order valence-corrected chi connectivity index (χ0v) is 10.6. The van der Waals surface area contributed by atoms with E-state index in [2.05, 4.69) is 0 Å². The van der Waals surface area contributed by atoms with Crippen LogP contribution in [0.3, 0.4) is 0 Å². The van der Waals surface area contributed by atoms with Crippen LogP contribution in [0, 0.1) is 0 Å². The highest BCUT2D eigenvalue weighted by molar-refractivity contribution is 6.26. The van der Waals surface area contributed by atoms with Crippen molar-refractivity contribution in [1.29, 1.82) is 0 Å². The molecule has 0 radical (unpaired) electrons. The molecule has 0 amide bonds. The number of anilines is 1. The lowest BCUT2D eigenvalue weighted by molar-refractivity contribution is 0.0954. The molecule has 0 aliphatic heterocycles. The second-order valence-corrected chi connectivity index (χ2v) is 4.17. The number of benzene rings is 1. The van der Waals surface area contributed by atoms with Crippen molar-refractivity contribution < 1.29 is 9.59 Å². The van der Waals surface area contributed by atoms with Gasteiger partial charge in [-0.25, -0.2) is 0 Å². The average Bonchev–Trinajstić information content (AvgIpc) is 2.36. The van der Waals surface area contributed by atoms with Crippen LogP contribution in [0.15, 0.2) is 30.0 Å². The van der Waals surface area contributed by atoms with Crippen molar-refractivity contribution in [3.8, 4) is 0 Å². The summed E-state index contributed by atoms with van der Waals surface area (Å²) in [6, 6.07) is 4.98. The number of likely N-dealkylation sites (N-methyl/N-ethyl adjacent to an activating group) is 1. The van der Waals surface area contributed by atoms with Crippen molar-refractivity contribution in [3.05, 3.63) is 41.1 Å². The summed E-state index contributed by atoms with van der Waals surface area (Å²) in [5.74, 6) is -0.315. The number of rotatable bonds is 3. The van der Waals surface area contributed by atoms with Crippen LogP contribution in [0.5, 0.6) is 0 Å². The number of fused-ring (bicyclic) bond motifs is 1. The standard InChI is InChI=1S/C14H16N2O2/c1-3-16(4-2)11-8-12(17)9-6-5-7-10(15)13(9)14(11)18/h5-8H,3-4,15H2,1-2H3. The normalized spacial score (nSPS) is 14.2. The molecule has 4 heteroatoms. The zero-order chi connectivity index (χ0) is 13.3. The van der Waals surface area contributed by atoms with Gasteiger partial charge in [-0.05, 0) is 19.9 Å². The fourth-order valence-corrected chi connectivity index (χ4v) is 2.22. The number of carbonyl (C=O) groups excluding carboxylic acids is 2. The van der Waals surface area contributed by atoms with Crippen LogP contribution in [0.1, 0.15) is 34.6 Å². The first kappa shape index (κ1) is 12.4. The minimum absolute atomic E-state index is 0.154. The molecule has 1 aliphatic rings. The van der Waals surface area contributed by atoms with Crippen LogP contribution in [0.2, 0.25) is 0 Å². The topological polar surface area (TPSA) is 63.4 Å². The fraction of sp³-hybridized carbons (Fsp3) is 0.286. The first-order chi connectivity index (χ1) is 8.60. The maximum atomic E-state index is 12.4. The Balaban J connectivity index is 2.55. The molecule has 0 atom stereocenters. The maximum absolute atomic E-state index is 12.4. The van der Waals surface area contributed by atoms with E-state index in [1.165, 1.54) is 6.08 Å². The first-order valence-corrected chi connectivity index (χ1v) is 6.04. The van der Waals surface area contributed by atoms with Gasteiger partial charge in [-0.1, -0.05) is 12.1 Å². The van der Waals surface area contributed by atoms with E-state index < -0.39 is 0 Å². The number of allylic oxidation sites excluding steroid dienone is 2. The van der Waals surface area contributed by atoms with E-state index in [0.29, 0.717) is 35.6 Å². The van der Waals surface area contributed by atoms with Crippen molar-refractivity contribution in [2.45, 2.75) is 13.8 Å². The lowest BCUT2D eigenvalue weighted by Gasteiger charge is -2.26. The monoisotopic (exact) mass is 244 g/mol. The molecule has 0 heterocycles. The summed E-state index contributed by atoms with van der Waals surface area (Å²) in [5, 5.41) is 0. The van der Waals surface area contributed by atoms with E-state index in [1.807, 2.05) is 18.7 Å². The number of hydrogen-bond donors (Lipinski definition) is 1. The van der Waals surface area contributed by atoms with Crippen LogP contribution >= 0.6 is 0 Å². The Morgan fingerprint density at radius 1 is 1.17 bits per heavy atom. The van der Waals surface area contributed by atoms with Gasteiger partial charge in [0.05, 0.1) is 11.3 Å². The second kappa shape index (κ2) is 4.64. The molecule has 0 bridgehead atoms. The van der Waals surface area contributed by atoms with Crippen molar-refractivity contribution in [2.24, 2.45) is 0 Å². The summed E-state index contributed by atoms with van der Waals surface area (Å²) < 4.78 is 0. The molecule has 18 heavy (non-hydrogen) atoms. The van der Waals surface area contributed by atoms with E-state index in [4.69, 9.17) is 5.73 Å². The molecule has 1 aromatic rings. The Morgan fingerprint density at radius 3 is 2.44 bits per heavy atom. The Bertz CT molecular complexity index is 543. The van der Waals surface area contributed by atoms with Gasteiger partial charge in [-0.2, -0.15) is 0 Å². The number of nitrogen functional groups attached to an aromatic ring is 1.